The lowest BCUT2D eigenvalue weighted by molar-refractivity contribution is 0.0456. The average Bonchev–Trinajstić information content (AvgIpc) is 2.48. The van der Waals surface area contributed by atoms with Gasteiger partial charge in [-0.3, -0.25) is 0 Å². The third-order valence-electron chi connectivity index (χ3n) is 3.68. The van der Waals surface area contributed by atoms with Crippen molar-refractivity contribution >= 4 is 15.9 Å². The molecule has 0 aliphatic rings. The summed E-state index contributed by atoms with van der Waals surface area (Å²) in [5.41, 5.74) is 2.54. The molecule has 1 atom stereocenters. The van der Waals surface area contributed by atoms with E-state index in [0.717, 1.165) is 24.0 Å². The summed E-state index contributed by atoms with van der Waals surface area (Å²) in [5, 5.41) is 3.34. The Balaban J connectivity index is 2.34. The second kappa shape index (κ2) is 11.2. The van der Waals surface area contributed by atoms with Gasteiger partial charge in [0.1, 0.15) is 0 Å². The molecule has 1 N–H and O–H groups in total. The minimum atomic E-state index is 0.343. The molecular weight excluding hydrogens is 326 g/mol. The van der Waals surface area contributed by atoms with Crippen LogP contribution in [0.3, 0.4) is 0 Å². The van der Waals surface area contributed by atoms with Crippen LogP contribution in [0.1, 0.15) is 64.0 Å². The Morgan fingerprint density at radius 2 is 2.00 bits per heavy atom. The molecule has 0 heterocycles. The highest BCUT2D eigenvalue weighted by molar-refractivity contribution is 9.10. The number of halogens is 1. The Morgan fingerprint density at radius 1 is 1.19 bits per heavy atom. The van der Waals surface area contributed by atoms with Crippen molar-refractivity contribution in [1.82, 2.24) is 5.32 Å². The van der Waals surface area contributed by atoms with Gasteiger partial charge in [-0.05, 0) is 37.1 Å². The third kappa shape index (κ3) is 7.98. The van der Waals surface area contributed by atoms with Crippen molar-refractivity contribution in [3.05, 3.63) is 33.8 Å². The summed E-state index contributed by atoms with van der Waals surface area (Å²) in [4.78, 5) is 0. The van der Waals surface area contributed by atoms with E-state index in [9.17, 15) is 0 Å². The van der Waals surface area contributed by atoms with Crippen LogP contribution in [0, 0.1) is 0 Å². The molecule has 0 amide bonds. The first-order chi connectivity index (χ1) is 10.2. The van der Waals surface area contributed by atoms with E-state index in [1.54, 1.807) is 0 Å². The van der Waals surface area contributed by atoms with E-state index in [-0.39, 0.29) is 0 Å². The molecule has 0 aromatic heterocycles. The maximum absolute atomic E-state index is 5.96. The largest absolute Gasteiger partial charge is 0.374 e. The molecule has 0 saturated carbocycles. The summed E-state index contributed by atoms with van der Waals surface area (Å²) in [7, 11) is 0. The van der Waals surface area contributed by atoms with Gasteiger partial charge in [-0.1, -0.05) is 67.6 Å². The van der Waals surface area contributed by atoms with E-state index >= 15 is 0 Å². The molecule has 1 unspecified atom stereocenters. The van der Waals surface area contributed by atoms with Gasteiger partial charge < -0.3 is 10.1 Å². The molecule has 0 saturated heterocycles. The quantitative estimate of drug-likeness (QED) is 0.534. The number of hydrogen-bond donors (Lipinski definition) is 1. The van der Waals surface area contributed by atoms with Crippen molar-refractivity contribution in [3.8, 4) is 0 Å². The zero-order chi connectivity index (χ0) is 15.5. The molecule has 0 aliphatic carbocycles. The predicted octanol–water partition coefficient (Wildman–Crippen LogP) is 5.43. The van der Waals surface area contributed by atoms with Crippen LogP contribution >= 0.6 is 15.9 Å². The Morgan fingerprint density at radius 3 is 2.67 bits per heavy atom. The lowest BCUT2D eigenvalue weighted by Crippen LogP contribution is -2.12. The molecule has 0 radical (unpaired) electrons. The third-order valence-corrected chi connectivity index (χ3v) is 4.42. The molecule has 0 spiro atoms. The van der Waals surface area contributed by atoms with Gasteiger partial charge in [-0.15, -0.1) is 0 Å². The fourth-order valence-corrected chi connectivity index (χ4v) is 2.80. The van der Waals surface area contributed by atoms with Crippen LogP contribution in [0.15, 0.2) is 22.7 Å². The van der Waals surface area contributed by atoms with E-state index < -0.39 is 0 Å². The van der Waals surface area contributed by atoms with E-state index in [1.807, 2.05) is 0 Å². The summed E-state index contributed by atoms with van der Waals surface area (Å²) < 4.78 is 7.11. The van der Waals surface area contributed by atoms with Gasteiger partial charge in [-0.2, -0.15) is 0 Å². The summed E-state index contributed by atoms with van der Waals surface area (Å²) >= 11 is 3.65. The number of ether oxygens (including phenoxy) is 1. The lowest BCUT2D eigenvalue weighted by Gasteiger charge is -2.14. The highest BCUT2D eigenvalue weighted by Gasteiger charge is 2.06. The van der Waals surface area contributed by atoms with Crippen LogP contribution < -0.4 is 5.32 Å². The molecule has 2 nitrogen and oxygen atoms in total. The molecular formula is C18H30BrNO. The van der Waals surface area contributed by atoms with Gasteiger partial charge in [0.05, 0.1) is 12.7 Å². The number of benzene rings is 1. The van der Waals surface area contributed by atoms with Crippen molar-refractivity contribution in [2.45, 2.75) is 72.1 Å². The minimum Gasteiger partial charge on any atom is -0.374 e. The Kier molecular flexibility index (Phi) is 9.98. The number of nitrogens with one attached hydrogen (secondary N) is 1. The molecule has 0 aliphatic heterocycles. The van der Waals surface area contributed by atoms with Gasteiger partial charge in [-0.25, -0.2) is 0 Å². The van der Waals surface area contributed by atoms with E-state index in [2.05, 4.69) is 60.2 Å². The molecule has 1 aromatic carbocycles. The van der Waals surface area contributed by atoms with Crippen molar-refractivity contribution in [1.29, 1.82) is 0 Å². The highest BCUT2D eigenvalue weighted by Crippen LogP contribution is 2.20. The maximum atomic E-state index is 5.96. The molecule has 1 aromatic rings. The van der Waals surface area contributed by atoms with Crippen molar-refractivity contribution in [2.24, 2.45) is 0 Å². The minimum absolute atomic E-state index is 0.343. The predicted molar refractivity (Wildman–Crippen MR) is 94.5 cm³/mol. The van der Waals surface area contributed by atoms with Crippen LogP contribution in [-0.2, 0) is 17.9 Å². The standard InChI is InChI=1S/C18H30BrNO/c1-4-6-7-8-9-15(3)21-14-17-11-10-16(12-18(17)19)13-20-5-2/h10-12,15,20H,4-9,13-14H2,1-3H3. The molecule has 21 heavy (non-hydrogen) atoms. The van der Waals surface area contributed by atoms with E-state index in [0.29, 0.717) is 12.7 Å². The SMILES string of the molecule is CCCCCCC(C)OCc1ccc(CNCC)cc1Br. The maximum Gasteiger partial charge on any atom is 0.0731 e. The Hall–Kier alpha value is -0.380. The molecule has 0 fully saturated rings. The number of hydrogen-bond acceptors (Lipinski definition) is 2. The van der Waals surface area contributed by atoms with Gasteiger partial charge in [0.2, 0.25) is 0 Å². The lowest BCUT2D eigenvalue weighted by atomic mass is 10.1. The summed E-state index contributed by atoms with van der Waals surface area (Å²) in [5.74, 6) is 0. The van der Waals surface area contributed by atoms with Crippen LogP contribution in [0.2, 0.25) is 0 Å². The summed E-state index contributed by atoms with van der Waals surface area (Å²) in [6.45, 7) is 9.16. The van der Waals surface area contributed by atoms with E-state index in [4.69, 9.17) is 4.74 Å². The molecule has 1 rings (SSSR count). The van der Waals surface area contributed by atoms with Crippen molar-refractivity contribution in [2.75, 3.05) is 6.54 Å². The first-order valence-electron chi connectivity index (χ1n) is 8.27. The van der Waals surface area contributed by atoms with Crippen LogP contribution in [0.5, 0.6) is 0 Å². The first kappa shape index (κ1) is 18.7. The molecule has 3 heteroatoms. The van der Waals surface area contributed by atoms with Crippen LogP contribution in [-0.4, -0.2) is 12.6 Å². The van der Waals surface area contributed by atoms with Crippen molar-refractivity contribution < 1.29 is 4.74 Å². The molecule has 120 valence electrons. The van der Waals surface area contributed by atoms with Gasteiger partial charge >= 0.3 is 0 Å². The van der Waals surface area contributed by atoms with Gasteiger partial charge in [0.15, 0.2) is 0 Å². The van der Waals surface area contributed by atoms with Crippen LogP contribution in [0.4, 0.5) is 0 Å². The monoisotopic (exact) mass is 355 g/mol. The summed E-state index contributed by atoms with van der Waals surface area (Å²) in [6.07, 6.45) is 6.74. The normalized spacial score (nSPS) is 12.6. The van der Waals surface area contributed by atoms with Crippen molar-refractivity contribution in [3.63, 3.8) is 0 Å². The first-order valence-corrected chi connectivity index (χ1v) is 9.06. The summed E-state index contributed by atoms with van der Waals surface area (Å²) in [6, 6.07) is 6.53. The second-order valence-corrected chi connectivity index (χ2v) is 6.53. The number of unbranched alkanes of at least 4 members (excludes halogenated alkanes) is 3. The topological polar surface area (TPSA) is 21.3 Å². The fraction of sp³-hybridized carbons (Fsp3) is 0.667. The van der Waals surface area contributed by atoms with E-state index in [1.165, 1.54) is 36.8 Å². The smallest absolute Gasteiger partial charge is 0.0731 e. The van der Waals surface area contributed by atoms with Gasteiger partial charge in [0.25, 0.3) is 0 Å². The highest BCUT2D eigenvalue weighted by atomic mass is 79.9. The Labute approximate surface area is 138 Å². The number of rotatable bonds is 11. The zero-order valence-corrected chi connectivity index (χ0v) is 15.3. The fourth-order valence-electron chi connectivity index (χ4n) is 2.26. The zero-order valence-electron chi connectivity index (χ0n) is 13.8. The Bertz CT molecular complexity index is 395. The second-order valence-electron chi connectivity index (χ2n) is 5.68. The molecule has 0 bridgehead atoms. The van der Waals surface area contributed by atoms with Gasteiger partial charge in [0, 0.05) is 11.0 Å². The average molecular weight is 356 g/mol. The van der Waals surface area contributed by atoms with Crippen LogP contribution in [0.25, 0.3) is 0 Å².